The van der Waals surface area contributed by atoms with Gasteiger partial charge in [-0.25, -0.2) is 9.69 Å². The summed E-state index contributed by atoms with van der Waals surface area (Å²) in [5.41, 5.74) is -0.922. The Kier molecular flexibility index (Phi) is 8.99. The minimum absolute atomic E-state index is 0.0529. The number of amides is 2. The van der Waals surface area contributed by atoms with Crippen molar-refractivity contribution in [1.82, 2.24) is 4.90 Å². The van der Waals surface area contributed by atoms with E-state index in [9.17, 15) is 19.5 Å². The molecule has 0 spiro atoms. The van der Waals surface area contributed by atoms with Crippen molar-refractivity contribution in [1.29, 1.82) is 0 Å². The van der Waals surface area contributed by atoms with E-state index in [1.54, 1.807) is 13.8 Å². The van der Waals surface area contributed by atoms with Gasteiger partial charge in [0.15, 0.2) is 23.8 Å². The third-order valence-electron chi connectivity index (χ3n) is 5.46. The van der Waals surface area contributed by atoms with E-state index in [1.165, 1.54) is 7.11 Å². The molecule has 4 atom stereocenters. The molecule has 1 saturated heterocycles. The van der Waals surface area contributed by atoms with Gasteiger partial charge in [0.2, 0.25) is 0 Å². The second kappa shape index (κ2) is 10.7. The van der Waals surface area contributed by atoms with Crippen LogP contribution in [0.5, 0.6) is 0 Å². The topological polar surface area (TPSA) is 132 Å². The Bertz CT molecular complexity index is 754. The highest BCUT2D eigenvalue weighted by molar-refractivity contribution is 9.11. The van der Waals surface area contributed by atoms with Crippen LogP contribution in [0.4, 0.5) is 4.79 Å². The predicted molar refractivity (Wildman–Crippen MR) is 116 cm³/mol. The molecule has 11 heteroatoms. The number of aliphatic hydroxyl groups is 2. The van der Waals surface area contributed by atoms with Crippen molar-refractivity contribution in [3.8, 4) is 0 Å². The van der Waals surface area contributed by atoms with Gasteiger partial charge in [-0.3, -0.25) is 9.59 Å². The van der Waals surface area contributed by atoms with Crippen molar-refractivity contribution < 1.29 is 43.5 Å². The normalized spacial score (nSPS) is 28.7. The first-order valence-electron chi connectivity index (χ1n) is 10.5. The van der Waals surface area contributed by atoms with Gasteiger partial charge in [-0.05, 0) is 48.2 Å². The van der Waals surface area contributed by atoms with E-state index in [0.717, 1.165) is 11.0 Å². The SMILES string of the molecule is CO[C@H](C(=O)N1C(=O)OC(C)(C)[C@@H]1C(C)C)[C@H]1O[C@](O)(CCCOCCO)C(Br)=CC1=O. The lowest BCUT2D eigenvalue weighted by Gasteiger charge is -2.38. The van der Waals surface area contributed by atoms with Gasteiger partial charge < -0.3 is 29.2 Å². The highest BCUT2D eigenvalue weighted by Crippen LogP contribution is 2.38. The van der Waals surface area contributed by atoms with Crippen LogP contribution in [-0.4, -0.2) is 89.5 Å². The molecule has 0 unspecified atom stereocenters. The van der Waals surface area contributed by atoms with Crippen molar-refractivity contribution in [2.24, 2.45) is 5.92 Å². The number of aliphatic hydroxyl groups excluding tert-OH is 1. The van der Waals surface area contributed by atoms with Gasteiger partial charge in [0.25, 0.3) is 5.91 Å². The summed E-state index contributed by atoms with van der Waals surface area (Å²) >= 11 is 3.16. The van der Waals surface area contributed by atoms with Crippen LogP contribution in [-0.2, 0) is 28.5 Å². The van der Waals surface area contributed by atoms with Gasteiger partial charge in [0.1, 0.15) is 5.60 Å². The Hall–Kier alpha value is -1.37. The van der Waals surface area contributed by atoms with E-state index >= 15 is 0 Å². The molecule has 0 bridgehead atoms. The third kappa shape index (κ3) is 5.57. The number of rotatable bonds is 10. The molecule has 10 nitrogen and oxygen atoms in total. The molecule has 0 aliphatic carbocycles. The average Bonchev–Trinajstić information content (AvgIpc) is 2.94. The Morgan fingerprint density at radius 2 is 1.97 bits per heavy atom. The monoisotopic (exact) mass is 521 g/mol. The first kappa shape index (κ1) is 26.9. The molecule has 0 radical (unpaired) electrons. The van der Waals surface area contributed by atoms with E-state index in [2.05, 4.69) is 15.9 Å². The second-order valence-electron chi connectivity index (χ2n) is 8.68. The molecule has 2 amide bonds. The standard InChI is InChI=1S/C21H32BrNO9/c1-12(2)17-20(3,4)32-19(27)23(17)18(26)16(29-5)15-13(25)11-14(22)21(28,31-15)7-6-9-30-10-8-24/h11-12,15-17,24,28H,6-10H2,1-5H3/t15-,16-,17-,21+/m0/s1. The Labute approximate surface area is 195 Å². The van der Waals surface area contributed by atoms with Gasteiger partial charge in [-0.2, -0.15) is 0 Å². The average molecular weight is 522 g/mol. The van der Waals surface area contributed by atoms with Crippen molar-refractivity contribution in [2.45, 2.75) is 70.2 Å². The molecule has 182 valence electrons. The third-order valence-corrected chi connectivity index (χ3v) is 6.31. The number of imide groups is 1. The molecule has 2 heterocycles. The number of nitrogens with zero attached hydrogens (tertiary/aromatic N) is 1. The number of methoxy groups -OCH3 is 1. The molecular weight excluding hydrogens is 490 g/mol. The van der Waals surface area contributed by atoms with Crippen LogP contribution in [0.2, 0.25) is 0 Å². The van der Waals surface area contributed by atoms with Gasteiger partial charge in [0, 0.05) is 20.1 Å². The van der Waals surface area contributed by atoms with E-state index in [1.807, 2.05) is 13.8 Å². The number of hydrogen-bond donors (Lipinski definition) is 2. The Morgan fingerprint density at radius 1 is 1.31 bits per heavy atom. The van der Waals surface area contributed by atoms with Crippen molar-refractivity contribution in [3.63, 3.8) is 0 Å². The molecule has 0 aromatic carbocycles. The summed E-state index contributed by atoms with van der Waals surface area (Å²) in [7, 11) is 1.23. The van der Waals surface area contributed by atoms with Crippen molar-refractivity contribution in [3.05, 3.63) is 10.6 Å². The lowest BCUT2D eigenvalue weighted by molar-refractivity contribution is -0.227. The van der Waals surface area contributed by atoms with Crippen LogP contribution in [0.15, 0.2) is 10.6 Å². The Morgan fingerprint density at radius 3 is 2.53 bits per heavy atom. The lowest BCUT2D eigenvalue weighted by Crippen LogP contribution is -2.58. The predicted octanol–water partition coefficient (Wildman–Crippen LogP) is 1.51. The molecule has 32 heavy (non-hydrogen) atoms. The van der Waals surface area contributed by atoms with Crippen LogP contribution in [0, 0.1) is 5.92 Å². The largest absolute Gasteiger partial charge is 0.441 e. The Balaban J connectivity index is 2.24. The van der Waals surface area contributed by atoms with Gasteiger partial charge in [-0.15, -0.1) is 0 Å². The quantitative estimate of drug-likeness (QED) is 0.410. The molecule has 0 aromatic heterocycles. The highest BCUT2D eigenvalue weighted by atomic mass is 79.9. The minimum atomic E-state index is -1.89. The molecule has 2 N–H and O–H groups in total. The number of cyclic esters (lactones) is 1. The molecule has 2 rings (SSSR count). The van der Waals surface area contributed by atoms with Crippen molar-refractivity contribution >= 4 is 33.7 Å². The number of carbonyl (C=O) groups is 3. The maximum Gasteiger partial charge on any atom is 0.417 e. The minimum Gasteiger partial charge on any atom is -0.441 e. The zero-order valence-electron chi connectivity index (χ0n) is 19.0. The molecule has 1 fully saturated rings. The van der Waals surface area contributed by atoms with Gasteiger partial charge in [0.05, 0.1) is 23.7 Å². The first-order valence-corrected chi connectivity index (χ1v) is 11.3. The number of carbonyl (C=O) groups excluding carboxylic acids is 3. The lowest BCUT2D eigenvalue weighted by atomic mass is 9.88. The smallest absolute Gasteiger partial charge is 0.417 e. The summed E-state index contributed by atoms with van der Waals surface area (Å²) in [6.45, 7) is 7.44. The molecule has 0 saturated carbocycles. The molecular formula is C21H32BrNO9. The summed E-state index contributed by atoms with van der Waals surface area (Å²) in [4.78, 5) is 39.6. The van der Waals surface area contributed by atoms with Crippen LogP contribution in [0.1, 0.15) is 40.5 Å². The number of halogens is 1. The molecule has 2 aliphatic rings. The maximum absolute atomic E-state index is 13.4. The summed E-state index contributed by atoms with van der Waals surface area (Å²) in [6, 6.07) is -0.580. The number of ketones is 1. The zero-order chi connectivity index (χ0) is 24.3. The fraction of sp³-hybridized carbons (Fsp3) is 0.762. The van der Waals surface area contributed by atoms with Gasteiger partial charge in [-0.1, -0.05) is 13.8 Å². The highest BCUT2D eigenvalue weighted by Gasteiger charge is 2.55. The molecule has 0 aromatic rings. The maximum atomic E-state index is 13.4. The van der Waals surface area contributed by atoms with Crippen LogP contribution < -0.4 is 0 Å². The zero-order valence-corrected chi connectivity index (χ0v) is 20.6. The van der Waals surface area contributed by atoms with E-state index < -0.39 is 47.4 Å². The summed E-state index contributed by atoms with van der Waals surface area (Å²) in [5, 5.41) is 19.8. The first-order chi connectivity index (χ1) is 14.9. The second-order valence-corrected chi connectivity index (χ2v) is 9.54. The van der Waals surface area contributed by atoms with Gasteiger partial charge >= 0.3 is 6.09 Å². The fourth-order valence-electron chi connectivity index (χ4n) is 4.19. The van der Waals surface area contributed by atoms with Crippen LogP contribution in [0.3, 0.4) is 0 Å². The van der Waals surface area contributed by atoms with Crippen molar-refractivity contribution in [2.75, 3.05) is 26.9 Å². The van der Waals surface area contributed by atoms with E-state index in [0.29, 0.717) is 6.42 Å². The number of hydrogen-bond acceptors (Lipinski definition) is 9. The number of ether oxygens (including phenoxy) is 4. The fourth-order valence-corrected chi connectivity index (χ4v) is 4.71. The summed E-state index contributed by atoms with van der Waals surface area (Å²) in [6.07, 6.45) is -2.21. The molecule has 2 aliphatic heterocycles. The van der Waals surface area contributed by atoms with E-state index in [4.69, 9.17) is 24.1 Å². The van der Waals surface area contributed by atoms with E-state index in [-0.39, 0.29) is 36.6 Å². The van der Waals surface area contributed by atoms with Crippen LogP contribution in [0.25, 0.3) is 0 Å². The van der Waals surface area contributed by atoms with Crippen LogP contribution >= 0.6 is 15.9 Å². The summed E-state index contributed by atoms with van der Waals surface area (Å²) < 4.78 is 21.7. The summed E-state index contributed by atoms with van der Waals surface area (Å²) in [5.74, 6) is -3.38.